The Morgan fingerprint density at radius 2 is 2.25 bits per heavy atom. The van der Waals surface area contributed by atoms with Crippen LogP contribution in [-0.2, 0) is 10.5 Å². The summed E-state index contributed by atoms with van der Waals surface area (Å²) in [5.41, 5.74) is 0. The molecular weight excluding hydrogens is 278 g/mol. The van der Waals surface area contributed by atoms with E-state index in [1.165, 1.54) is 0 Å². The van der Waals surface area contributed by atoms with Gasteiger partial charge in [-0.05, 0) is 38.2 Å². The van der Waals surface area contributed by atoms with E-state index in [0.717, 1.165) is 11.5 Å². The topological polar surface area (TPSA) is 70.8 Å². The third-order valence-electron chi connectivity index (χ3n) is 3.65. The van der Waals surface area contributed by atoms with Crippen LogP contribution in [0.5, 0.6) is 0 Å². The number of carboxylic acid groups (broad SMARTS) is 1. The van der Waals surface area contributed by atoms with Gasteiger partial charge in [-0.2, -0.15) is 11.8 Å². The van der Waals surface area contributed by atoms with E-state index in [0.29, 0.717) is 25.1 Å². The molecule has 2 unspecified atom stereocenters. The number of thioether (sulfide) groups is 1. The Bertz CT molecular complexity index is 499. The van der Waals surface area contributed by atoms with E-state index in [1.807, 2.05) is 19.2 Å². The van der Waals surface area contributed by atoms with E-state index in [-0.39, 0.29) is 17.9 Å². The van der Waals surface area contributed by atoms with Gasteiger partial charge in [-0.1, -0.05) is 0 Å². The van der Waals surface area contributed by atoms with Crippen molar-refractivity contribution in [3.8, 4) is 0 Å². The summed E-state index contributed by atoms with van der Waals surface area (Å²) in [6, 6.07) is 3.44. The van der Waals surface area contributed by atoms with Crippen LogP contribution >= 0.6 is 11.8 Å². The molecule has 5 nitrogen and oxygen atoms in total. The second-order valence-corrected chi connectivity index (χ2v) is 5.97. The van der Waals surface area contributed by atoms with E-state index < -0.39 is 5.97 Å². The van der Waals surface area contributed by atoms with Gasteiger partial charge >= 0.3 is 5.97 Å². The Kier molecular flexibility index (Phi) is 4.75. The molecule has 1 aromatic rings. The molecule has 2 rings (SSSR count). The normalized spacial score (nSPS) is 22.8. The summed E-state index contributed by atoms with van der Waals surface area (Å²) in [6.07, 6.45) is 2.98. The van der Waals surface area contributed by atoms with Gasteiger partial charge in [0, 0.05) is 12.6 Å². The third-order valence-corrected chi connectivity index (χ3v) is 4.22. The van der Waals surface area contributed by atoms with E-state index in [1.54, 1.807) is 22.7 Å². The van der Waals surface area contributed by atoms with Crippen molar-refractivity contribution in [3.05, 3.63) is 23.7 Å². The number of likely N-dealkylation sites (tertiary alicyclic amines) is 1. The quantitative estimate of drug-likeness (QED) is 0.924. The predicted octanol–water partition coefficient (Wildman–Crippen LogP) is 2.47. The number of carboxylic acids is 1. The van der Waals surface area contributed by atoms with Crippen LogP contribution in [0.2, 0.25) is 0 Å². The first-order chi connectivity index (χ1) is 9.52. The summed E-state index contributed by atoms with van der Waals surface area (Å²) in [7, 11) is 0. The second kappa shape index (κ2) is 6.35. The maximum atomic E-state index is 12.4. The molecular formula is C14H19NO4S. The maximum Gasteiger partial charge on any atom is 0.306 e. The smallest absolute Gasteiger partial charge is 0.306 e. The summed E-state index contributed by atoms with van der Waals surface area (Å²) < 4.78 is 5.53. The van der Waals surface area contributed by atoms with Crippen LogP contribution in [0.15, 0.2) is 16.5 Å². The van der Waals surface area contributed by atoms with Gasteiger partial charge in [0.25, 0.3) is 5.91 Å². The first-order valence-electron chi connectivity index (χ1n) is 6.64. The molecule has 6 heteroatoms. The number of nitrogens with zero attached hydrogens (tertiary/aromatic N) is 1. The summed E-state index contributed by atoms with van der Waals surface area (Å²) in [5, 5.41) is 9.04. The average molecular weight is 297 g/mol. The number of furan rings is 1. The van der Waals surface area contributed by atoms with Crippen molar-refractivity contribution in [2.45, 2.75) is 31.6 Å². The molecule has 1 N–H and O–H groups in total. The largest absolute Gasteiger partial charge is 0.481 e. The van der Waals surface area contributed by atoms with Crippen molar-refractivity contribution in [1.29, 1.82) is 0 Å². The highest BCUT2D eigenvalue weighted by molar-refractivity contribution is 7.97. The zero-order chi connectivity index (χ0) is 14.7. The highest BCUT2D eigenvalue weighted by Gasteiger charge is 2.33. The Morgan fingerprint density at radius 3 is 2.85 bits per heavy atom. The van der Waals surface area contributed by atoms with Crippen LogP contribution in [0.4, 0.5) is 0 Å². The van der Waals surface area contributed by atoms with Gasteiger partial charge in [0.15, 0.2) is 5.76 Å². The van der Waals surface area contributed by atoms with Crippen LogP contribution in [0.1, 0.15) is 36.1 Å². The molecule has 0 bridgehead atoms. The molecule has 1 aliphatic heterocycles. The van der Waals surface area contributed by atoms with Crippen molar-refractivity contribution >= 4 is 23.6 Å². The molecule has 0 aliphatic carbocycles. The lowest BCUT2D eigenvalue weighted by Gasteiger charge is -2.35. The molecule has 0 saturated carbocycles. The van der Waals surface area contributed by atoms with Gasteiger partial charge in [0.2, 0.25) is 0 Å². The van der Waals surface area contributed by atoms with Gasteiger partial charge in [-0.25, -0.2) is 0 Å². The van der Waals surface area contributed by atoms with Gasteiger partial charge in [0.05, 0.1) is 11.7 Å². The van der Waals surface area contributed by atoms with Crippen LogP contribution in [-0.4, -0.2) is 40.7 Å². The number of aliphatic carboxylic acids is 1. The van der Waals surface area contributed by atoms with E-state index in [4.69, 9.17) is 9.52 Å². The average Bonchev–Trinajstić information content (AvgIpc) is 2.87. The van der Waals surface area contributed by atoms with Gasteiger partial charge in [0.1, 0.15) is 5.76 Å². The van der Waals surface area contributed by atoms with E-state index in [2.05, 4.69) is 0 Å². The molecule has 0 radical (unpaired) electrons. The number of piperidine rings is 1. The first kappa shape index (κ1) is 15.0. The summed E-state index contributed by atoms with van der Waals surface area (Å²) >= 11 is 1.64. The minimum Gasteiger partial charge on any atom is -0.481 e. The monoisotopic (exact) mass is 297 g/mol. The minimum absolute atomic E-state index is 0.0774. The summed E-state index contributed by atoms with van der Waals surface area (Å²) in [6.45, 7) is 2.36. The lowest BCUT2D eigenvalue weighted by molar-refractivity contribution is -0.143. The Labute approximate surface area is 122 Å². The summed E-state index contributed by atoms with van der Waals surface area (Å²) in [4.78, 5) is 25.1. The number of hydrogen-bond acceptors (Lipinski definition) is 4. The fourth-order valence-electron chi connectivity index (χ4n) is 2.55. The van der Waals surface area contributed by atoms with Crippen molar-refractivity contribution in [3.63, 3.8) is 0 Å². The minimum atomic E-state index is -0.774. The van der Waals surface area contributed by atoms with Crippen molar-refractivity contribution in [1.82, 2.24) is 4.90 Å². The fourth-order valence-corrected chi connectivity index (χ4v) is 2.99. The number of carbonyl (C=O) groups excluding carboxylic acids is 1. The summed E-state index contributed by atoms with van der Waals surface area (Å²) in [5.74, 6) is 0.600. The Hall–Kier alpha value is -1.43. The second-order valence-electron chi connectivity index (χ2n) is 5.11. The molecule has 1 saturated heterocycles. The molecule has 1 aliphatic rings. The SMILES string of the molecule is CSCc1ccc(C(=O)N2CCC(C(=O)O)CC2C)o1. The van der Waals surface area contributed by atoms with Crippen LogP contribution in [0.3, 0.4) is 0 Å². The van der Waals surface area contributed by atoms with Gasteiger partial charge in [-0.15, -0.1) is 0 Å². The molecule has 1 amide bonds. The number of rotatable bonds is 4. The van der Waals surface area contributed by atoms with Gasteiger partial charge in [-0.3, -0.25) is 9.59 Å². The maximum absolute atomic E-state index is 12.4. The van der Waals surface area contributed by atoms with Crippen molar-refractivity contribution < 1.29 is 19.1 Å². The molecule has 2 atom stereocenters. The lowest BCUT2D eigenvalue weighted by atomic mass is 9.91. The third kappa shape index (κ3) is 3.17. The molecule has 110 valence electrons. The zero-order valence-corrected chi connectivity index (χ0v) is 12.5. The number of carbonyl (C=O) groups is 2. The number of hydrogen-bond donors (Lipinski definition) is 1. The van der Waals surface area contributed by atoms with Crippen LogP contribution in [0, 0.1) is 5.92 Å². The molecule has 0 spiro atoms. The standard InChI is InChI=1S/C14H19NO4S/c1-9-7-10(14(17)18)5-6-15(9)13(16)12-4-3-11(19-12)8-20-2/h3-4,9-10H,5-8H2,1-2H3,(H,17,18). The number of amides is 1. The fraction of sp³-hybridized carbons (Fsp3) is 0.571. The molecule has 0 aromatic carbocycles. The van der Waals surface area contributed by atoms with Gasteiger partial charge < -0.3 is 14.4 Å². The Balaban J connectivity index is 2.03. The van der Waals surface area contributed by atoms with E-state index >= 15 is 0 Å². The zero-order valence-electron chi connectivity index (χ0n) is 11.7. The molecule has 1 fully saturated rings. The Morgan fingerprint density at radius 1 is 1.50 bits per heavy atom. The van der Waals surface area contributed by atoms with Crippen molar-refractivity contribution in [2.24, 2.45) is 5.92 Å². The highest BCUT2D eigenvalue weighted by Crippen LogP contribution is 2.25. The van der Waals surface area contributed by atoms with E-state index in [9.17, 15) is 9.59 Å². The molecule has 1 aromatic heterocycles. The first-order valence-corrected chi connectivity index (χ1v) is 8.03. The molecule has 2 heterocycles. The molecule has 20 heavy (non-hydrogen) atoms. The van der Waals surface area contributed by atoms with Crippen molar-refractivity contribution in [2.75, 3.05) is 12.8 Å². The predicted molar refractivity (Wildman–Crippen MR) is 76.8 cm³/mol. The van der Waals surface area contributed by atoms with Crippen LogP contribution in [0.25, 0.3) is 0 Å². The van der Waals surface area contributed by atoms with Crippen LogP contribution < -0.4 is 0 Å². The lowest BCUT2D eigenvalue weighted by Crippen LogP contribution is -2.45. The highest BCUT2D eigenvalue weighted by atomic mass is 32.2.